The minimum Gasteiger partial charge on any atom is -0.444 e. The number of fused-ring (bicyclic) bond motifs is 1. The summed E-state index contributed by atoms with van der Waals surface area (Å²) < 4.78 is 9.53. The average molecular weight is 651 g/mol. The van der Waals surface area contributed by atoms with E-state index in [1.54, 1.807) is 29.4 Å². The van der Waals surface area contributed by atoms with Crippen molar-refractivity contribution < 1.29 is 14.3 Å². The number of nitrogens with zero attached hydrogens (tertiary/aromatic N) is 5. The van der Waals surface area contributed by atoms with E-state index in [-0.39, 0.29) is 29.0 Å². The van der Waals surface area contributed by atoms with Gasteiger partial charge >= 0.3 is 6.09 Å². The predicted molar refractivity (Wildman–Crippen MR) is 169 cm³/mol. The first-order chi connectivity index (χ1) is 20.3. The lowest BCUT2D eigenvalue weighted by atomic mass is 9.93. The second kappa shape index (κ2) is 11.8. The molecular weight excluding hydrogens is 614 g/mol. The van der Waals surface area contributed by atoms with Crippen LogP contribution >= 0.6 is 15.9 Å². The van der Waals surface area contributed by atoms with E-state index in [9.17, 15) is 14.4 Å². The standard InChI is InChI=1S/C31H36BrN7O4/c1-18(2)38-15-23(27(40)24(32)16-38)29(41)36-21-8-6-19(7-9-21)22-14-25(39-26(22)28(33)34-17-35-39)20-10-12-37(13-11-20)30(42)43-31(3,4)5/h6-9,14-18,20H,10-13H2,1-5H3,(H,36,41)(H2,33,34,35). The van der Waals surface area contributed by atoms with Crippen molar-refractivity contribution in [1.29, 1.82) is 0 Å². The molecule has 11 nitrogen and oxygen atoms in total. The Morgan fingerprint density at radius 1 is 1.12 bits per heavy atom. The fourth-order valence-corrected chi connectivity index (χ4v) is 5.69. The first-order valence-corrected chi connectivity index (χ1v) is 15.0. The summed E-state index contributed by atoms with van der Waals surface area (Å²) in [6, 6.07) is 9.51. The zero-order chi connectivity index (χ0) is 31.1. The summed E-state index contributed by atoms with van der Waals surface area (Å²) in [6.45, 7) is 10.7. The molecule has 1 aromatic carbocycles. The number of amides is 2. The second-order valence-electron chi connectivity index (χ2n) is 12.1. The second-order valence-corrected chi connectivity index (χ2v) is 12.9. The minimum absolute atomic E-state index is 0.0536. The number of piperidine rings is 1. The highest BCUT2D eigenvalue weighted by atomic mass is 79.9. The van der Waals surface area contributed by atoms with E-state index in [4.69, 9.17) is 10.5 Å². The van der Waals surface area contributed by atoms with Crippen molar-refractivity contribution in [2.75, 3.05) is 24.1 Å². The molecule has 12 heteroatoms. The Bertz CT molecular complexity index is 1730. The molecule has 226 valence electrons. The third-order valence-electron chi connectivity index (χ3n) is 7.47. The Kier molecular flexibility index (Phi) is 8.33. The number of pyridine rings is 1. The predicted octanol–water partition coefficient (Wildman–Crippen LogP) is 5.85. The third-order valence-corrected chi connectivity index (χ3v) is 8.04. The number of aromatic nitrogens is 4. The molecule has 0 spiro atoms. The van der Waals surface area contributed by atoms with Crippen LogP contribution in [0.1, 0.15) is 75.5 Å². The van der Waals surface area contributed by atoms with Crippen LogP contribution in [0.25, 0.3) is 16.6 Å². The zero-order valence-corrected chi connectivity index (χ0v) is 26.5. The van der Waals surface area contributed by atoms with Gasteiger partial charge in [0.15, 0.2) is 5.82 Å². The number of carbonyl (C=O) groups excluding carboxylic acids is 2. The minimum atomic E-state index is -0.540. The van der Waals surface area contributed by atoms with Crippen LogP contribution in [0.5, 0.6) is 0 Å². The first-order valence-electron chi connectivity index (χ1n) is 14.3. The molecule has 2 amide bonds. The first kappa shape index (κ1) is 30.3. The van der Waals surface area contributed by atoms with Crippen LogP contribution in [-0.2, 0) is 4.74 Å². The molecule has 4 aromatic rings. The van der Waals surface area contributed by atoms with Crippen molar-refractivity contribution in [3.8, 4) is 11.1 Å². The van der Waals surface area contributed by atoms with Gasteiger partial charge in [0.2, 0.25) is 5.43 Å². The average Bonchev–Trinajstić information content (AvgIpc) is 3.35. The summed E-state index contributed by atoms with van der Waals surface area (Å²) in [4.78, 5) is 44.2. The largest absolute Gasteiger partial charge is 0.444 e. The van der Waals surface area contributed by atoms with Gasteiger partial charge in [0, 0.05) is 54.4 Å². The van der Waals surface area contributed by atoms with Gasteiger partial charge in [-0.25, -0.2) is 14.3 Å². The number of hydrogen-bond donors (Lipinski definition) is 2. The lowest BCUT2D eigenvalue weighted by Gasteiger charge is -2.33. The van der Waals surface area contributed by atoms with Crippen LogP contribution < -0.4 is 16.5 Å². The molecule has 1 aliphatic heterocycles. The van der Waals surface area contributed by atoms with Gasteiger partial charge < -0.3 is 25.3 Å². The van der Waals surface area contributed by atoms with Crippen LogP contribution in [0.3, 0.4) is 0 Å². The summed E-state index contributed by atoms with van der Waals surface area (Å²) >= 11 is 3.27. The summed E-state index contributed by atoms with van der Waals surface area (Å²) in [5.41, 5.74) is 9.48. The van der Waals surface area contributed by atoms with Gasteiger partial charge in [0.1, 0.15) is 23.0 Å². The van der Waals surface area contributed by atoms with Crippen molar-refractivity contribution in [2.45, 2.75) is 65.0 Å². The molecule has 0 radical (unpaired) electrons. The quantitative estimate of drug-likeness (QED) is 0.277. The number of carbonyl (C=O) groups is 2. The van der Waals surface area contributed by atoms with E-state index < -0.39 is 11.5 Å². The molecule has 4 heterocycles. The van der Waals surface area contributed by atoms with Crippen molar-refractivity contribution in [2.24, 2.45) is 0 Å². The van der Waals surface area contributed by atoms with Gasteiger partial charge in [0.25, 0.3) is 5.91 Å². The van der Waals surface area contributed by atoms with Crippen molar-refractivity contribution >= 4 is 45.0 Å². The van der Waals surface area contributed by atoms with E-state index in [0.717, 1.165) is 29.7 Å². The number of nitrogens with two attached hydrogens (primary N) is 1. The highest BCUT2D eigenvalue weighted by Gasteiger charge is 2.30. The molecule has 1 saturated heterocycles. The highest BCUT2D eigenvalue weighted by molar-refractivity contribution is 9.10. The van der Waals surface area contributed by atoms with Gasteiger partial charge in [-0.1, -0.05) is 12.1 Å². The summed E-state index contributed by atoms with van der Waals surface area (Å²) in [7, 11) is 0. The van der Waals surface area contributed by atoms with Crippen molar-refractivity contribution in [1.82, 2.24) is 24.1 Å². The molecule has 3 N–H and O–H groups in total. The molecule has 3 aromatic heterocycles. The molecule has 0 aliphatic carbocycles. The third kappa shape index (κ3) is 6.43. The maximum atomic E-state index is 13.0. The van der Waals surface area contributed by atoms with Gasteiger partial charge in [-0.15, -0.1) is 0 Å². The molecule has 0 unspecified atom stereocenters. The molecular formula is C31H36BrN7O4. The number of anilines is 2. The zero-order valence-electron chi connectivity index (χ0n) is 24.9. The van der Waals surface area contributed by atoms with Crippen molar-refractivity contribution in [3.63, 3.8) is 0 Å². The maximum absolute atomic E-state index is 13.0. The number of rotatable bonds is 5. The van der Waals surface area contributed by atoms with Crippen LogP contribution in [0, 0.1) is 0 Å². The summed E-state index contributed by atoms with van der Waals surface area (Å²) in [5, 5.41) is 7.35. The Balaban J connectivity index is 1.38. The molecule has 43 heavy (non-hydrogen) atoms. The van der Waals surface area contributed by atoms with E-state index in [0.29, 0.717) is 34.6 Å². The van der Waals surface area contributed by atoms with E-state index in [1.807, 2.05) is 55.8 Å². The molecule has 0 bridgehead atoms. The summed E-state index contributed by atoms with van der Waals surface area (Å²) in [6.07, 6.45) is 5.91. The normalized spacial score (nSPS) is 14.3. The molecule has 1 fully saturated rings. The van der Waals surface area contributed by atoms with Crippen LogP contribution in [0.4, 0.5) is 16.3 Å². The number of likely N-dealkylation sites (tertiary alicyclic amines) is 1. The SMILES string of the molecule is CC(C)n1cc(Br)c(=O)c(C(=O)Nc2ccc(-c3cc(C4CCN(C(=O)OC(C)(C)C)CC4)n4ncnc(N)c34)cc2)c1. The van der Waals surface area contributed by atoms with E-state index in [2.05, 4.69) is 37.4 Å². The summed E-state index contributed by atoms with van der Waals surface area (Å²) in [5.74, 6) is 0.0317. The Hall–Kier alpha value is -4.19. The van der Waals surface area contributed by atoms with Gasteiger partial charge in [-0.3, -0.25) is 9.59 Å². The number of halogens is 1. The van der Waals surface area contributed by atoms with Crippen LogP contribution in [0.15, 0.2) is 58.3 Å². The maximum Gasteiger partial charge on any atom is 0.410 e. The van der Waals surface area contributed by atoms with E-state index in [1.165, 1.54) is 6.33 Å². The van der Waals surface area contributed by atoms with Crippen LogP contribution in [-0.4, -0.2) is 54.8 Å². The number of ether oxygens (including phenoxy) is 1. The number of benzene rings is 1. The van der Waals surface area contributed by atoms with Crippen LogP contribution in [0.2, 0.25) is 0 Å². The van der Waals surface area contributed by atoms with Crippen molar-refractivity contribution in [3.05, 3.63) is 75.0 Å². The fourth-order valence-electron chi connectivity index (χ4n) is 5.24. The smallest absolute Gasteiger partial charge is 0.410 e. The molecule has 1 aliphatic rings. The fraction of sp³-hybridized carbons (Fsp3) is 0.387. The molecule has 5 rings (SSSR count). The van der Waals surface area contributed by atoms with Gasteiger partial charge in [-0.05, 0) is 87.2 Å². The molecule has 0 saturated carbocycles. The highest BCUT2D eigenvalue weighted by Crippen LogP contribution is 2.37. The van der Waals surface area contributed by atoms with E-state index >= 15 is 0 Å². The Morgan fingerprint density at radius 3 is 2.42 bits per heavy atom. The number of hydrogen-bond acceptors (Lipinski definition) is 7. The molecule has 0 atom stereocenters. The lowest BCUT2D eigenvalue weighted by Crippen LogP contribution is -2.41. The van der Waals surface area contributed by atoms with Gasteiger partial charge in [-0.2, -0.15) is 5.10 Å². The number of nitrogens with one attached hydrogen (secondary N) is 1. The topological polar surface area (TPSA) is 137 Å². The Labute approximate surface area is 258 Å². The lowest BCUT2D eigenvalue weighted by molar-refractivity contribution is 0.0203. The van der Waals surface area contributed by atoms with Gasteiger partial charge in [0.05, 0.1) is 4.47 Å². The Morgan fingerprint density at radius 2 is 1.79 bits per heavy atom. The number of nitrogen functional groups attached to an aromatic ring is 1. The monoisotopic (exact) mass is 649 g/mol.